The van der Waals surface area contributed by atoms with E-state index in [0.29, 0.717) is 28.3 Å². The van der Waals surface area contributed by atoms with Crippen molar-refractivity contribution in [1.29, 1.82) is 0 Å². The molecule has 2 aromatic rings. The summed E-state index contributed by atoms with van der Waals surface area (Å²) in [7, 11) is 1.53. The first-order chi connectivity index (χ1) is 11.0. The summed E-state index contributed by atoms with van der Waals surface area (Å²) in [6.07, 6.45) is 4.79. The van der Waals surface area contributed by atoms with Crippen LogP contribution in [0.2, 0.25) is 5.02 Å². The number of carbonyl (C=O) groups excluding carboxylic acids is 1. The van der Waals surface area contributed by atoms with Gasteiger partial charge in [-0.25, -0.2) is 4.98 Å². The maximum Gasteiger partial charge on any atom is 0.250 e. The molecular weight excluding hydrogens is 336 g/mol. The highest BCUT2D eigenvalue weighted by molar-refractivity contribution is 7.15. The lowest BCUT2D eigenvalue weighted by Crippen LogP contribution is -2.07. The van der Waals surface area contributed by atoms with Crippen molar-refractivity contribution in [1.82, 2.24) is 4.98 Å². The van der Waals surface area contributed by atoms with Crippen LogP contribution in [0, 0.1) is 6.92 Å². The number of hydrogen-bond acceptors (Lipinski definition) is 5. The van der Waals surface area contributed by atoms with E-state index in [0.717, 1.165) is 10.4 Å². The Kier molecular flexibility index (Phi) is 6.01. The Balaban J connectivity index is 2.13. The zero-order valence-corrected chi connectivity index (χ0v) is 14.6. The van der Waals surface area contributed by atoms with Gasteiger partial charge in [-0.1, -0.05) is 11.6 Å². The number of ether oxygens (including phenoxy) is 2. The lowest BCUT2D eigenvalue weighted by Gasteiger charge is -2.11. The quantitative estimate of drug-likeness (QED) is 0.793. The molecule has 0 radical (unpaired) electrons. The molecule has 5 nitrogen and oxygen atoms in total. The normalized spacial score (nSPS) is 10.8. The van der Waals surface area contributed by atoms with Crippen molar-refractivity contribution in [3.8, 4) is 11.5 Å². The molecule has 0 aliphatic carbocycles. The van der Waals surface area contributed by atoms with Crippen molar-refractivity contribution in [2.24, 2.45) is 0 Å². The van der Waals surface area contributed by atoms with Crippen LogP contribution in [0.1, 0.15) is 17.4 Å². The summed E-state index contributed by atoms with van der Waals surface area (Å²) in [5, 5.41) is 3.70. The number of nitrogens with zero attached hydrogens (tertiary/aromatic N) is 1. The number of hydrogen-bond donors (Lipinski definition) is 1. The van der Waals surface area contributed by atoms with E-state index in [9.17, 15) is 4.79 Å². The highest BCUT2D eigenvalue weighted by Crippen LogP contribution is 2.36. The van der Waals surface area contributed by atoms with Crippen molar-refractivity contribution in [2.75, 3.05) is 19.0 Å². The lowest BCUT2D eigenvalue weighted by atomic mass is 10.2. The minimum atomic E-state index is -0.260. The molecule has 0 saturated carbocycles. The van der Waals surface area contributed by atoms with Gasteiger partial charge in [0.25, 0.3) is 0 Å². The third-order valence-electron chi connectivity index (χ3n) is 2.81. The van der Waals surface area contributed by atoms with E-state index in [2.05, 4.69) is 10.3 Å². The summed E-state index contributed by atoms with van der Waals surface area (Å²) in [4.78, 5) is 17.0. The van der Waals surface area contributed by atoms with Crippen LogP contribution >= 0.6 is 22.9 Å². The van der Waals surface area contributed by atoms with Gasteiger partial charge < -0.3 is 9.47 Å². The number of aromatic nitrogens is 1. The van der Waals surface area contributed by atoms with Gasteiger partial charge in [0.2, 0.25) is 5.91 Å². The van der Waals surface area contributed by atoms with E-state index in [1.165, 1.54) is 24.5 Å². The van der Waals surface area contributed by atoms with Crippen LogP contribution in [-0.4, -0.2) is 24.6 Å². The second-order valence-corrected chi connectivity index (χ2v) is 6.21. The predicted molar refractivity (Wildman–Crippen MR) is 93.7 cm³/mol. The number of rotatable bonds is 6. The molecule has 1 N–H and O–H groups in total. The average Bonchev–Trinajstić information content (AvgIpc) is 2.90. The minimum Gasteiger partial charge on any atom is -0.491 e. The first-order valence-corrected chi connectivity index (χ1v) is 8.14. The van der Waals surface area contributed by atoms with Crippen LogP contribution in [0.5, 0.6) is 11.5 Å². The van der Waals surface area contributed by atoms with Gasteiger partial charge >= 0.3 is 0 Å². The Labute approximate surface area is 143 Å². The standard InChI is InChI=1S/C16H17ClN2O3S/c1-4-22-13-8-11(7-12(17)15(13)21-3)5-6-14(20)19-16-18-9-10(2)23-16/h5-9H,4H2,1-3H3,(H,18,19,20)/b6-5+. The van der Waals surface area contributed by atoms with E-state index in [1.54, 1.807) is 24.4 Å². The molecule has 0 fully saturated rings. The second kappa shape index (κ2) is 7.99. The largest absolute Gasteiger partial charge is 0.491 e. The summed E-state index contributed by atoms with van der Waals surface area (Å²) >= 11 is 7.59. The Morgan fingerprint density at radius 3 is 2.87 bits per heavy atom. The second-order valence-electron chi connectivity index (χ2n) is 4.57. The van der Waals surface area contributed by atoms with Gasteiger partial charge in [-0.2, -0.15) is 0 Å². The van der Waals surface area contributed by atoms with Gasteiger partial charge in [0.15, 0.2) is 16.6 Å². The van der Waals surface area contributed by atoms with Gasteiger partial charge in [-0.15, -0.1) is 11.3 Å². The molecule has 0 unspecified atom stereocenters. The molecule has 0 spiro atoms. The van der Waals surface area contributed by atoms with Gasteiger partial charge in [-0.05, 0) is 37.6 Å². The highest BCUT2D eigenvalue weighted by atomic mass is 35.5. The fourth-order valence-electron chi connectivity index (χ4n) is 1.88. The molecule has 0 aliphatic rings. The van der Waals surface area contributed by atoms with Crippen molar-refractivity contribution >= 4 is 40.1 Å². The van der Waals surface area contributed by atoms with E-state index in [1.807, 2.05) is 13.8 Å². The number of nitrogens with one attached hydrogen (secondary N) is 1. The van der Waals surface area contributed by atoms with Crippen molar-refractivity contribution in [3.63, 3.8) is 0 Å². The number of anilines is 1. The van der Waals surface area contributed by atoms with E-state index in [-0.39, 0.29) is 5.91 Å². The summed E-state index contributed by atoms with van der Waals surface area (Å²) < 4.78 is 10.7. The number of carbonyl (C=O) groups is 1. The van der Waals surface area contributed by atoms with Gasteiger partial charge in [0.05, 0.1) is 18.7 Å². The molecule has 23 heavy (non-hydrogen) atoms. The molecule has 0 saturated heterocycles. The zero-order valence-electron chi connectivity index (χ0n) is 13.1. The van der Waals surface area contributed by atoms with E-state index in [4.69, 9.17) is 21.1 Å². The fraction of sp³-hybridized carbons (Fsp3) is 0.250. The number of halogens is 1. The summed E-state index contributed by atoms with van der Waals surface area (Å²) in [5.41, 5.74) is 0.740. The number of methoxy groups -OCH3 is 1. The molecular formula is C16H17ClN2O3S. The fourth-order valence-corrected chi connectivity index (χ4v) is 2.84. The Morgan fingerprint density at radius 2 is 2.26 bits per heavy atom. The molecule has 2 rings (SSSR count). The van der Waals surface area contributed by atoms with Gasteiger partial charge in [0, 0.05) is 17.2 Å². The Morgan fingerprint density at radius 1 is 1.48 bits per heavy atom. The summed E-state index contributed by atoms with van der Waals surface area (Å²) in [6.45, 7) is 4.29. The molecule has 7 heteroatoms. The van der Waals surface area contributed by atoms with E-state index < -0.39 is 0 Å². The van der Waals surface area contributed by atoms with Crippen LogP contribution in [0.15, 0.2) is 24.4 Å². The molecule has 1 heterocycles. The zero-order chi connectivity index (χ0) is 16.8. The van der Waals surface area contributed by atoms with Gasteiger partial charge in [-0.3, -0.25) is 10.1 Å². The number of thiazole rings is 1. The highest BCUT2D eigenvalue weighted by Gasteiger charge is 2.10. The minimum absolute atomic E-state index is 0.260. The smallest absolute Gasteiger partial charge is 0.250 e. The predicted octanol–water partition coefficient (Wildman–Crippen LogP) is 4.16. The van der Waals surface area contributed by atoms with Crippen LogP contribution in [0.4, 0.5) is 5.13 Å². The number of benzene rings is 1. The van der Waals surface area contributed by atoms with Crippen LogP contribution < -0.4 is 14.8 Å². The van der Waals surface area contributed by atoms with Crippen LogP contribution in [0.3, 0.4) is 0 Å². The molecule has 1 amide bonds. The maximum atomic E-state index is 11.9. The van der Waals surface area contributed by atoms with Crippen molar-refractivity contribution < 1.29 is 14.3 Å². The van der Waals surface area contributed by atoms with E-state index >= 15 is 0 Å². The number of amides is 1. The van der Waals surface area contributed by atoms with Crippen LogP contribution in [-0.2, 0) is 4.79 Å². The first kappa shape index (κ1) is 17.3. The summed E-state index contributed by atoms with van der Waals surface area (Å²) in [5.74, 6) is 0.760. The molecule has 1 aromatic heterocycles. The van der Waals surface area contributed by atoms with Crippen molar-refractivity contribution in [3.05, 3.63) is 39.9 Å². The molecule has 0 atom stereocenters. The topological polar surface area (TPSA) is 60.5 Å². The Bertz CT molecular complexity index is 728. The molecule has 0 aliphatic heterocycles. The molecule has 0 bridgehead atoms. The third-order valence-corrected chi connectivity index (χ3v) is 3.92. The number of aryl methyl sites for hydroxylation is 1. The lowest BCUT2D eigenvalue weighted by molar-refractivity contribution is -0.111. The van der Waals surface area contributed by atoms with Gasteiger partial charge in [0.1, 0.15) is 0 Å². The Hall–Kier alpha value is -2.05. The van der Waals surface area contributed by atoms with Crippen molar-refractivity contribution in [2.45, 2.75) is 13.8 Å². The molecule has 1 aromatic carbocycles. The monoisotopic (exact) mass is 352 g/mol. The SMILES string of the molecule is CCOc1cc(/C=C/C(=O)Nc2ncc(C)s2)cc(Cl)c1OC. The summed E-state index contributed by atoms with van der Waals surface area (Å²) in [6, 6.07) is 3.48. The van der Waals surface area contributed by atoms with Crippen LogP contribution in [0.25, 0.3) is 6.08 Å². The first-order valence-electron chi connectivity index (χ1n) is 6.95. The maximum absolute atomic E-state index is 11.9. The molecule has 122 valence electrons. The average molecular weight is 353 g/mol. The third kappa shape index (κ3) is 4.71.